The van der Waals surface area contributed by atoms with E-state index >= 15 is 0 Å². The molecule has 0 atom stereocenters. The fraction of sp³-hybridized carbons (Fsp3) is 0.316. The van der Waals surface area contributed by atoms with Crippen LogP contribution in [0.5, 0.6) is 0 Å². The van der Waals surface area contributed by atoms with E-state index in [0.29, 0.717) is 36.6 Å². The molecular formula is C19H20ClN3O3. The molecule has 26 heavy (non-hydrogen) atoms. The van der Waals surface area contributed by atoms with Crippen molar-refractivity contribution >= 4 is 34.6 Å². The fourth-order valence-electron chi connectivity index (χ4n) is 3.23. The number of aryl methyl sites for hydroxylation is 1. The van der Waals surface area contributed by atoms with Crippen molar-refractivity contribution in [3.05, 3.63) is 63.2 Å². The largest absolute Gasteiger partial charge is 0.366 e. The Labute approximate surface area is 156 Å². The molecule has 6 nitrogen and oxygen atoms in total. The molecule has 0 radical (unpaired) electrons. The lowest BCUT2D eigenvalue weighted by Gasteiger charge is -2.32. The maximum Gasteiger partial charge on any atom is 0.292 e. The normalized spacial score (nSPS) is 14.9. The van der Waals surface area contributed by atoms with Crippen LogP contribution in [0.1, 0.15) is 18.4 Å². The summed E-state index contributed by atoms with van der Waals surface area (Å²) in [4.78, 5) is 25.4. The highest BCUT2D eigenvalue weighted by Crippen LogP contribution is 2.31. The molecule has 1 aliphatic heterocycles. The third-order valence-electron chi connectivity index (χ3n) is 4.74. The first-order valence-corrected chi connectivity index (χ1v) is 8.89. The van der Waals surface area contributed by atoms with Crippen LogP contribution in [0, 0.1) is 23.0 Å². The lowest BCUT2D eigenvalue weighted by Crippen LogP contribution is -2.38. The summed E-state index contributed by atoms with van der Waals surface area (Å²) >= 11 is 6.00. The Bertz CT molecular complexity index is 833. The van der Waals surface area contributed by atoms with Gasteiger partial charge in [0, 0.05) is 35.8 Å². The van der Waals surface area contributed by atoms with E-state index in [9.17, 15) is 14.9 Å². The topological polar surface area (TPSA) is 75.5 Å². The van der Waals surface area contributed by atoms with Crippen molar-refractivity contribution in [3.8, 4) is 0 Å². The third-order valence-corrected chi connectivity index (χ3v) is 4.98. The van der Waals surface area contributed by atoms with Gasteiger partial charge in [-0.1, -0.05) is 29.8 Å². The minimum absolute atomic E-state index is 0.0300. The number of carbonyl (C=O) groups excluding carboxylic acids is 1. The van der Waals surface area contributed by atoms with E-state index in [0.717, 1.165) is 11.3 Å². The second-order valence-corrected chi connectivity index (χ2v) is 6.89. The summed E-state index contributed by atoms with van der Waals surface area (Å²) in [6, 6.07) is 12.1. The molecule has 3 rings (SSSR count). The molecule has 1 N–H and O–H groups in total. The highest BCUT2D eigenvalue weighted by atomic mass is 35.5. The average molecular weight is 374 g/mol. The second kappa shape index (κ2) is 7.74. The number of carbonyl (C=O) groups is 1. The summed E-state index contributed by atoms with van der Waals surface area (Å²) in [5.74, 6) is -0.148. The number of benzene rings is 2. The van der Waals surface area contributed by atoms with Gasteiger partial charge < -0.3 is 10.2 Å². The molecule has 1 fully saturated rings. The van der Waals surface area contributed by atoms with Gasteiger partial charge in [0.2, 0.25) is 5.91 Å². The van der Waals surface area contributed by atoms with Gasteiger partial charge in [0.25, 0.3) is 5.69 Å². The quantitative estimate of drug-likeness (QED) is 0.636. The van der Waals surface area contributed by atoms with Crippen LogP contribution in [-0.4, -0.2) is 23.9 Å². The Balaban J connectivity index is 1.64. The Morgan fingerprint density at radius 3 is 2.62 bits per heavy atom. The molecule has 0 bridgehead atoms. The zero-order valence-corrected chi connectivity index (χ0v) is 15.2. The minimum atomic E-state index is -0.365. The van der Waals surface area contributed by atoms with Crippen molar-refractivity contribution in [2.24, 2.45) is 5.92 Å². The standard InChI is InChI=1S/C19H20ClN3O3/c1-13-6-7-15(20)12-16(13)21-19(24)14-8-10-22(11-9-14)17-4-2-3-5-18(17)23(25)26/h2-7,12,14H,8-11H2,1H3,(H,21,24). The van der Waals surface area contributed by atoms with Crippen LogP contribution in [-0.2, 0) is 4.79 Å². The van der Waals surface area contributed by atoms with Crippen LogP contribution in [0.4, 0.5) is 17.1 Å². The van der Waals surface area contributed by atoms with E-state index in [1.54, 1.807) is 30.3 Å². The van der Waals surface area contributed by atoms with Crippen molar-refractivity contribution in [2.75, 3.05) is 23.3 Å². The van der Waals surface area contributed by atoms with E-state index in [2.05, 4.69) is 5.32 Å². The predicted octanol–water partition coefficient (Wildman–Crippen LogP) is 4.41. The summed E-state index contributed by atoms with van der Waals surface area (Å²) in [5, 5.41) is 14.7. The average Bonchev–Trinajstić information content (AvgIpc) is 2.65. The van der Waals surface area contributed by atoms with E-state index in [1.165, 1.54) is 6.07 Å². The van der Waals surface area contributed by atoms with Crippen LogP contribution in [0.2, 0.25) is 5.02 Å². The summed E-state index contributed by atoms with van der Waals surface area (Å²) in [5.41, 5.74) is 2.40. The molecular weight excluding hydrogens is 354 g/mol. The van der Waals surface area contributed by atoms with E-state index in [4.69, 9.17) is 11.6 Å². The van der Waals surface area contributed by atoms with Crippen LogP contribution >= 0.6 is 11.6 Å². The highest BCUT2D eigenvalue weighted by molar-refractivity contribution is 6.31. The van der Waals surface area contributed by atoms with Gasteiger partial charge in [-0.2, -0.15) is 0 Å². The highest BCUT2D eigenvalue weighted by Gasteiger charge is 2.28. The van der Waals surface area contributed by atoms with E-state index in [1.807, 2.05) is 17.9 Å². The number of nitro benzene ring substituents is 1. The zero-order valence-electron chi connectivity index (χ0n) is 14.4. The molecule has 1 aliphatic rings. The Kier molecular flexibility index (Phi) is 5.42. The molecule has 136 valence electrons. The molecule has 1 saturated heterocycles. The summed E-state index contributed by atoms with van der Waals surface area (Å²) in [6.45, 7) is 3.14. The van der Waals surface area contributed by atoms with Gasteiger partial charge in [-0.3, -0.25) is 14.9 Å². The predicted molar refractivity (Wildman–Crippen MR) is 103 cm³/mol. The van der Waals surface area contributed by atoms with Gasteiger partial charge in [-0.25, -0.2) is 0 Å². The van der Waals surface area contributed by atoms with E-state index in [-0.39, 0.29) is 22.4 Å². The molecule has 0 aliphatic carbocycles. The zero-order chi connectivity index (χ0) is 18.7. The number of anilines is 2. The number of halogens is 1. The Hall–Kier alpha value is -2.60. The number of nitro groups is 1. The molecule has 1 amide bonds. The van der Waals surface area contributed by atoms with Crippen molar-refractivity contribution in [3.63, 3.8) is 0 Å². The van der Waals surface area contributed by atoms with Gasteiger partial charge in [-0.15, -0.1) is 0 Å². The number of nitrogens with zero attached hydrogens (tertiary/aromatic N) is 2. The van der Waals surface area contributed by atoms with Gasteiger partial charge in [0.05, 0.1) is 4.92 Å². The first-order chi connectivity index (χ1) is 12.5. The second-order valence-electron chi connectivity index (χ2n) is 6.46. The molecule has 2 aromatic rings. The van der Waals surface area contributed by atoms with Crippen LogP contribution < -0.4 is 10.2 Å². The lowest BCUT2D eigenvalue weighted by molar-refractivity contribution is -0.384. The number of hydrogen-bond acceptors (Lipinski definition) is 4. The molecule has 0 aromatic heterocycles. The van der Waals surface area contributed by atoms with Crippen molar-refractivity contribution in [1.82, 2.24) is 0 Å². The van der Waals surface area contributed by atoms with Crippen LogP contribution in [0.15, 0.2) is 42.5 Å². The number of hydrogen-bond donors (Lipinski definition) is 1. The lowest BCUT2D eigenvalue weighted by atomic mass is 9.95. The monoisotopic (exact) mass is 373 g/mol. The van der Waals surface area contributed by atoms with Crippen molar-refractivity contribution < 1.29 is 9.72 Å². The van der Waals surface area contributed by atoms with Gasteiger partial charge >= 0.3 is 0 Å². The van der Waals surface area contributed by atoms with Crippen molar-refractivity contribution in [2.45, 2.75) is 19.8 Å². The maximum absolute atomic E-state index is 12.6. The number of para-hydroxylation sites is 2. The summed E-state index contributed by atoms with van der Waals surface area (Å²) in [6.07, 6.45) is 1.30. The smallest absolute Gasteiger partial charge is 0.292 e. The summed E-state index contributed by atoms with van der Waals surface area (Å²) in [7, 11) is 0. The number of piperidine rings is 1. The molecule has 0 spiro atoms. The number of nitrogens with one attached hydrogen (secondary N) is 1. The van der Waals surface area contributed by atoms with Gasteiger partial charge in [0.15, 0.2) is 0 Å². The number of rotatable bonds is 4. The first-order valence-electron chi connectivity index (χ1n) is 8.51. The van der Waals surface area contributed by atoms with Gasteiger partial charge in [-0.05, 0) is 43.5 Å². The molecule has 0 saturated carbocycles. The van der Waals surface area contributed by atoms with Crippen molar-refractivity contribution in [1.29, 1.82) is 0 Å². The Morgan fingerprint density at radius 1 is 1.23 bits per heavy atom. The molecule has 1 heterocycles. The van der Waals surface area contributed by atoms with Crippen LogP contribution in [0.3, 0.4) is 0 Å². The molecule has 7 heteroatoms. The fourth-order valence-corrected chi connectivity index (χ4v) is 3.40. The maximum atomic E-state index is 12.6. The minimum Gasteiger partial charge on any atom is -0.366 e. The third kappa shape index (κ3) is 3.96. The summed E-state index contributed by atoms with van der Waals surface area (Å²) < 4.78 is 0. The van der Waals surface area contributed by atoms with Crippen LogP contribution in [0.25, 0.3) is 0 Å². The molecule has 2 aromatic carbocycles. The SMILES string of the molecule is Cc1ccc(Cl)cc1NC(=O)C1CCN(c2ccccc2[N+](=O)[O-])CC1. The molecule has 0 unspecified atom stereocenters. The van der Waals surface area contributed by atoms with E-state index < -0.39 is 0 Å². The van der Waals surface area contributed by atoms with Gasteiger partial charge in [0.1, 0.15) is 5.69 Å². The first kappa shape index (κ1) is 18.2. The Morgan fingerprint density at radius 2 is 1.92 bits per heavy atom. The number of amides is 1.